The zero-order valence-electron chi connectivity index (χ0n) is 10.6. The van der Waals surface area contributed by atoms with E-state index in [0.29, 0.717) is 34.9 Å². The maximum Gasteiger partial charge on any atom is 0.322 e. The molecule has 1 aromatic carbocycles. The molecule has 0 spiro atoms. The number of carboxylic acid groups (broad SMARTS) is 1. The van der Waals surface area contributed by atoms with Crippen LogP contribution >= 0.6 is 67.8 Å². The summed E-state index contributed by atoms with van der Waals surface area (Å²) in [6.07, 6.45) is 0.909. The summed E-state index contributed by atoms with van der Waals surface area (Å²) >= 11 is 5.69. The van der Waals surface area contributed by atoms with Crippen molar-refractivity contribution >= 4 is 104 Å². The Bertz CT molecular complexity index is 613. The van der Waals surface area contributed by atoms with Crippen molar-refractivity contribution < 1.29 is 24.3 Å². The van der Waals surface area contributed by atoms with Crippen molar-refractivity contribution in [3.8, 4) is 0 Å². The van der Waals surface area contributed by atoms with Gasteiger partial charge in [-0.25, -0.2) is 0 Å². The van der Waals surface area contributed by atoms with Crippen LogP contribution in [0.1, 0.15) is 10.4 Å². The van der Waals surface area contributed by atoms with Crippen molar-refractivity contribution in [2.75, 3.05) is 17.2 Å². The number of rotatable bonds is 7. The van der Waals surface area contributed by atoms with Crippen LogP contribution in [-0.4, -0.2) is 36.3 Å². The van der Waals surface area contributed by atoms with Gasteiger partial charge >= 0.3 is 5.97 Å². The number of anilines is 2. The predicted molar refractivity (Wildman–Crippen MR) is 104 cm³/mol. The molecule has 11 heteroatoms. The number of halogens is 3. The van der Waals surface area contributed by atoms with Crippen molar-refractivity contribution in [1.82, 2.24) is 5.32 Å². The van der Waals surface area contributed by atoms with Gasteiger partial charge in [0.2, 0.25) is 12.8 Å². The maximum absolute atomic E-state index is 12.2. The molecule has 118 valence electrons. The standard InChI is InChI=1S/C11H8I3N3O5/c12-6-5(11(22)15-1-4(20)21)7(13)10(17-3-19)8(14)9(6)16-2-18/h2-3H,1H2,(H,15,22)(H,16,18)(H,17,19)(H,20,21). The van der Waals surface area contributed by atoms with Crippen LogP contribution in [-0.2, 0) is 14.4 Å². The van der Waals surface area contributed by atoms with Crippen LogP contribution in [0.2, 0.25) is 0 Å². The number of carbonyl (C=O) groups is 4. The highest BCUT2D eigenvalue weighted by Gasteiger charge is 2.24. The summed E-state index contributed by atoms with van der Waals surface area (Å²) < 4.78 is 1.44. The summed E-state index contributed by atoms with van der Waals surface area (Å²) in [6, 6.07) is 0. The predicted octanol–water partition coefficient (Wildman–Crippen LogP) is 1.45. The first-order valence-electron chi connectivity index (χ1n) is 5.45. The lowest BCUT2D eigenvalue weighted by Gasteiger charge is -2.17. The third-order valence-corrected chi connectivity index (χ3v) is 5.59. The number of hydrogen-bond donors (Lipinski definition) is 4. The van der Waals surface area contributed by atoms with E-state index in [1.807, 2.05) is 67.8 Å². The molecular weight excluding hydrogens is 635 g/mol. The Balaban J connectivity index is 3.47. The highest BCUT2D eigenvalue weighted by molar-refractivity contribution is 14.1. The van der Waals surface area contributed by atoms with E-state index in [-0.39, 0.29) is 5.56 Å². The Morgan fingerprint density at radius 2 is 1.41 bits per heavy atom. The van der Waals surface area contributed by atoms with Crippen LogP contribution in [0.15, 0.2) is 0 Å². The van der Waals surface area contributed by atoms with E-state index in [2.05, 4.69) is 16.0 Å². The Kier molecular flexibility index (Phi) is 7.74. The van der Waals surface area contributed by atoms with E-state index < -0.39 is 18.4 Å². The van der Waals surface area contributed by atoms with Gasteiger partial charge in [0.05, 0.1) is 27.6 Å². The van der Waals surface area contributed by atoms with E-state index in [1.165, 1.54) is 0 Å². The lowest BCUT2D eigenvalue weighted by atomic mass is 10.1. The van der Waals surface area contributed by atoms with Crippen LogP contribution in [0.5, 0.6) is 0 Å². The highest BCUT2D eigenvalue weighted by Crippen LogP contribution is 2.38. The summed E-state index contributed by atoms with van der Waals surface area (Å²) in [7, 11) is 0. The second-order valence-electron chi connectivity index (χ2n) is 3.67. The number of nitrogens with one attached hydrogen (secondary N) is 3. The number of carbonyl (C=O) groups excluding carboxylic acids is 3. The fourth-order valence-electron chi connectivity index (χ4n) is 1.48. The Morgan fingerprint density at radius 3 is 1.77 bits per heavy atom. The normalized spacial score (nSPS) is 9.77. The lowest BCUT2D eigenvalue weighted by Crippen LogP contribution is -2.31. The third-order valence-electron chi connectivity index (χ3n) is 2.35. The molecule has 1 aromatic rings. The largest absolute Gasteiger partial charge is 0.480 e. The molecule has 3 amide bonds. The minimum atomic E-state index is -1.18. The van der Waals surface area contributed by atoms with Crippen LogP contribution in [0.25, 0.3) is 0 Å². The van der Waals surface area contributed by atoms with E-state index in [9.17, 15) is 19.2 Å². The van der Waals surface area contributed by atoms with Crippen molar-refractivity contribution in [2.45, 2.75) is 0 Å². The monoisotopic (exact) mass is 643 g/mol. The fraction of sp³-hybridized carbons (Fsp3) is 0.0909. The summed E-state index contributed by atoms with van der Waals surface area (Å²) in [5.41, 5.74) is 0.902. The molecule has 0 atom stereocenters. The quantitative estimate of drug-likeness (QED) is 0.265. The molecule has 0 radical (unpaired) electrons. The zero-order valence-corrected chi connectivity index (χ0v) is 17.0. The van der Waals surface area contributed by atoms with Gasteiger partial charge in [-0.05, 0) is 67.8 Å². The Hall–Kier alpha value is -0.710. The van der Waals surface area contributed by atoms with Gasteiger partial charge in [-0.2, -0.15) is 0 Å². The van der Waals surface area contributed by atoms with Gasteiger partial charge in [0.15, 0.2) is 0 Å². The second kappa shape index (κ2) is 8.80. The topological polar surface area (TPSA) is 125 Å². The molecule has 0 aliphatic rings. The maximum atomic E-state index is 12.2. The molecule has 0 bridgehead atoms. The molecule has 0 saturated carbocycles. The summed E-state index contributed by atoms with van der Waals surface area (Å²) in [4.78, 5) is 44.2. The first-order valence-corrected chi connectivity index (χ1v) is 8.69. The molecule has 1 rings (SSSR count). The molecule has 0 fully saturated rings. The van der Waals surface area contributed by atoms with E-state index >= 15 is 0 Å². The summed E-state index contributed by atoms with van der Waals surface area (Å²) in [5.74, 6) is -1.79. The first-order chi connectivity index (χ1) is 10.3. The molecule has 0 unspecified atom stereocenters. The number of carboxylic acids is 1. The highest BCUT2D eigenvalue weighted by atomic mass is 127. The van der Waals surface area contributed by atoms with E-state index in [0.717, 1.165) is 0 Å². The van der Waals surface area contributed by atoms with Gasteiger partial charge < -0.3 is 21.1 Å². The van der Waals surface area contributed by atoms with Gasteiger partial charge in [-0.1, -0.05) is 0 Å². The average Bonchev–Trinajstić information content (AvgIpc) is 2.46. The van der Waals surface area contributed by atoms with Gasteiger partial charge in [-0.3, -0.25) is 19.2 Å². The molecule has 0 heterocycles. The number of hydrogen-bond acceptors (Lipinski definition) is 4. The Morgan fingerprint density at radius 1 is 0.955 bits per heavy atom. The van der Waals surface area contributed by atoms with Crippen molar-refractivity contribution in [1.29, 1.82) is 0 Å². The molecule has 0 aliphatic heterocycles. The van der Waals surface area contributed by atoms with Gasteiger partial charge in [0.1, 0.15) is 6.54 Å². The van der Waals surface area contributed by atoms with E-state index in [4.69, 9.17) is 5.11 Å². The Labute approximate surface area is 165 Å². The summed E-state index contributed by atoms with van der Waals surface area (Å²) in [6.45, 7) is -0.538. The second-order valence-corrected chi connectivity index (χ2v) is 6.90. The lowest BCUT2D eigenvalue weighted by molar-refractivity contribution is -0.135. The minimum Gasteiger partial charge on any atom is -0.480 e. The van der Waals surface area contributed by atoms with Crippen LogP contribution in [0.3, 0.4) is 0 Å². The number of benzene rings is 1. The van der Waals surface area contributed by atoms with Crippen molar-refractivity contribution in [2.24, 2.45) is 0 Å². The van der Waals surface area contributed by atoms with Gasteiger partial charge in [0.25, 0.3) is 5.91 Å². The molecular formula is C11H8I3N3O5. The smallest absolute Gasteiger partial charge is 0.322 e. The molecule has 0 aliphatic carbocycles. The molecule has 22 heavy (non-hydrogen) atoms. The number of aliphatic carboxylic acids is 1. The van der Waals surface area contributed by atoms with Crippen LogP contribution in [0, 0.1) is 10.7 Å². The van der Waals surface area contributed by atoms with Gasteiger partial charge in [-0.15, -0.1) is 0 Å². The van der Waals surface area contributed by atoms with Gasteiger partial charge in [0, 0.05) is 0 Å². The van der Waals surface area contributed by atoms with Crippen molar-refractivity contribution in [3.63, 3.8) is 0 Å². The fourth-order valence-corrected chi connectivity index (χ4v) is 5.76. The molecule has 4 N–H and O–H groups in total. The number of amides is 3. The van der Waals surface area contributed by atoms with E-state index in [1.54, 1.807) is 0 Å². The SMILES string of the molecule is O=CNc1c(I)c(NC=O)c(I)c(C(=O)NCC(=O)O)c1I. The van der Waals surface area contributed by atoms with Crippen LogP contribution < -0.4 is 16.0 Å². The third kappa shape index (κ3) is 4.40. The zero-order chi connectivity index (χ0) is 16.9. The average molecular weight is 643 g/mol. The van der Waals surface area contributed by atoms with Crippen molar-refractivity contribution in [3.05, 3.63) is 16.3 Å². The van der Waals surface area contributed by atoms with Crippen LogP contribution in [0.4, 0.5) is 11.4 Å². The minimum absolute atomic E-state index is 0.177. The molecule has 0 aromatic heterocycles. The molecule has 0 saturated heterocycles. The summed E-state index contributed by atoms with van der Waals surface area (Å²) in [5, 5.41) is 15.8. The first kappa shape index (κ1) is 19.3. The molecule has 8 nitrogen and oxygen atoms in total.